The predicted molar refractivity (Wildman–Crippen MR) is 93.0 cm³/mol. The van der Waals surface area contributed by atoms with Crippen molar-refractivity contribution in [2.75, 3.05) is 32.8 Å². The van der Waals surface area contributed by atoms with Gasteiger partial charge in [0.25, 0.3) is 5.96 Å². The molecule has 1 aromatic carbocycles. The second-order valence-corrected chi connectivity index (χ2v) is 6.51. The quantitative estimate of drug-likeness (QED) is 0.585. The smallest absolute Gasteiger partial charge is 0.417 e. The molecule has 9 heteroatoms. The second-order valence-electron chi connectivity index (χ2n) is 6.51. The van der Waals surface area contributed by atoms with Gasteiger partial charge in [-0.15, -0.1) is 0 Å². The van der Waals surface area contributed by atoms with E-state index in [-0.39, 0.29) is 18.5 Å². The Morgan fingerprint density at radius 2 is 2.15 bits per heavy atom. The normalized spacial score (nSPS) is 21.4. The Hall–Kier alpha value is -2.68. The Morgan fingerprint density at radius 3 is 2.81 bits per heavy atom. The van der Waals surface area contributed by atoms with E-state index in [1.54, 1.807) is 4.90 Å². The average Bonchev–Trinajstić information content (AvgIpc) is 3.25. The fourth-order valence-corrected chi connectivity index (χ4v) is 3.07. The van der Waals surface area contributed by atoms with Crippen LogP contribution in [0.25, 0.3) is 0 Å². The van der Waals surface area contributed by atoms with Gasteiger partial charge in [0.05, 0.1) is 13.2 Å². The van der Waals surface area contributed by atoms with Crippen molar-refractivity contribution in [3.8, 4) is 0 Å². The van der Waals surface area contributed by atoms with Gasteiger partial charge in [0, 0.05) is 25.6 Å². The summed E-state index contributed by atoms with van der Waals surface area (Å²) in [6.45, 7) is 4.79. The van der Waals surface area contributed by atoms with E-state index >= 15 is 0 Å². The molecule has 1 atom stereocenters. The Bertz CT molecular complexity index is 685. The van der Waals surface area contributed by atoms with Gasteiger partial charge >= 0.3 is 6.09 Å². The summed E-state index contributed by atoms with van der Waals surface area (Å²) in [6, 6.07) is 7.63. The zero-order chi connectivity index (χ0) is 18.5. The molecule has 0 N–H and O–H groups in total. The molecule has 9 nitrogen and oxygen atoms in total. The Labute approximate surface area is 151 Å². The van der Waals surface area contributed by atoms with Gasteiger partial charge in [0.15, 0.2) is 5.03 Å². The number of nitro groups is 1. The molecule has 0 aliphatic carbocycles. The first-order chi connectivity index (χ1) is 12.5. The molecule has 3 rings (SSSR count). The lowest BCUT2D eigenvalue weighted by molar-refractivity contribution is -0.486. The minimum Gasteiger partial charge on any atom is -0.444 e. The maximum Gasteiger partial charge on any atom is 0.417 e. The van der Waals surface area contributed by atoms with E-state index in [1.165, 1.54) is 4.90 Å². The molecule has 140 valence electrons. The van der Waals surface area contributed by atoms with Gasteiger partial charge in [-0.2, -0.15) is 0 Å². The number of carbonyl (C=O) groups is 1. The first-order valence-electron chi connectivity index (χ1n) is 8.58. The van der Waals surface area contributed by atoms with Crippen LogP contribution in [-0.2, 0) is 16.1 Å². The van der Waals surface area contributed by atoms with E-state index in [4.69, 9.17) is 9.47 Å². The number of rotatable bonds is 5. The highest BCUT2D eigenvalue weighted by atomic mass is 16.7. The van der Waals surface area contributed by atoms with E-state index in [2.05, 4.69) is 5.10 Å². The number of benzene rings is 1. The van der Waals surface area contributed by atoms with Gasteiger partial charge in [-0.25, -0.2) is 19.8 Å². The minimum absolute atomic E-state index is 0.0378. The van der Waals surface area contributed by atoms with E-state index in [9.17, 15) is 14.9 Å². The Balaban J connectivity index is 1.63. The molecule has 0 bridgehead atoms. The summed E-state index contributed by atoms with van der Waals surface area (Å²) in [5.41, 5.74) is 1.97. The molecule has 2 aliphatic heterocycles. The van der Waals surface area contributed by atoms with E-state index in [1.807, 2.05) is 31.2 Å². The lowest BCUT2D eigenvalue weighted by atomic mass is 10.1. The summed E-state index contributed by atoms with van der Waals surface area (Å²) in [6.07, 6.45) is 0.275. The maximum atomic E-state index is 12.4. The summed E-state index contributed by atoms with van der Waals surface area (Å²) in [4.78, 5) is 26.3. The van der Waals surface area contributed by atoms with Crippen LogP contribution in [0.3, 0.4) is 0 Å². The standard InChI is InChI=1S/C17H22N4O5/c1-13-2-4-14(5-3-13)12-26-17(22)20-8-7-19(16(20)18-21(23)24)10-15-6-9-25-11-15/h2-5,15H,6-12H2,1H3. The van der Waals surface area contributed by atoms with Gasteiger partial charge < -0.3 is 14.4 Å². The monoisotopic (exact) mass is 362 g/mol. The van der Waals surface area contributed by atoms with Crippen LogP contribution in [0.4, 0.5) is 4.79 Å². The summed E-state index contributed by atoms with van der Waals surface area (Å²) >= 11 is 0. The molecular formula is C17H22N4O5. The topological polar surface area (TPSA) is 97.5 Å². The second kappa shape index (κ2) is 8.13. The van der Waals surface area contributed by atoms with Crippen LogP contribution in [0.15, 0.2) is 29.4 Å². The number of carbonyl (C=O) groups excluding carboxylic acids is 1. The highest BCUT2D eigenvalue weighted by Gasteiger charge is 2.36. The fraction of sp³-hybridized carbons (Fsp3) is 0.529. The largest absolute Gasteiger partial charge is 0.444 e. The van der Waals surface area contributed by atoms with Crippen molar-refractivity contribution in [1.29, 1.82) is 0 Å². The van der Waals surface area contributed by atoms with Crippen molar-refractivity contribution in [2.45, 2.75) is 20.0 Å². The van der Waals surface area contributed by atoms with Crippen molar-refractivity contribution >= 4 is 12.1 Å². The molecule has 1 aromatic rings. The van der Waals surface area contributed by atoms with Gasteiger partial charge in [0.1, 0.15) is 11.7 Å². The van der Waals surface area contributed by atoms with Crippen molar-refractivity contribution in [3.63, 3.8) is 0 Å². The van der Waals surface area contributed by atoms with Crippen LogP contribution in [0.2, 0.25) is 0 Å². The zero-order valence-corrected chi connectivity index (χ0v) is 14.7. The van der Waals surface area contributed by atoms with Gasteiger partial charge in [-0.05, 0) is 18.9 Å². The van der Waals surface area contributed by atoms with Crippen LogP contribution in [-0.4, -0.2) is 59.7 Å². The van der Waals surface area contributed by atoms with E-state index < -0.39 is 11.1 Å². The number of hydrogen-bond donors (Lipinski definition) is 0. The van der Waals surface area contributed by atoms with Crippen LogP contribution in [0, 0.1) is 23.0 Å². The highest BCUT2D eigenvalue weighted by Crippen LogP contribution is 2.19. The lowest BCUT2D eigenvalue weighted by Gasteiger charge is -2.21. The minimum atomic E-state index is -0.779. The SMILES string of the molecule is Cc1ccc(COC(=O)N2CCN(CC3CCOC3)C2=N[N+](=O)[O-])cc1. The molecule has 2 fully saturated rings. The van der Waals surface area contributed by atoms with Gasteiger partial charge in [0.2, 0.25) is 0 Å². The summed E-state index contributed by atoms with van der Waals surface area (Å²) < 4.78 is 10.7. The Kier molecular flexibility index (Phi) is 5.67. The van der Waals surface area contributed by atoms with Crippen LogP contribution in [0.1, 0.15) is 17.5 Å². The highest BCUT2D eigenvalue weighted by molar-refractivity contribution is 5.95. The number of ether oxygens (including phenoxy) is 2. The molecule has 2 heterocycles. The molecule has 2 aliphatic rings. The molecule has 0 saturated carbocycles. The summed E-state index contributed by atoms with van der Waals surface area (Å²) in [5, 5.41) is 13.5. The zero-order valence-electron chi connectivity index (χ0n) is 14.7. The first kappa shape index (κ1) is 18.1. The maximum absolute atomic E-state index is 12.4. The Morgan fingerprint density at radius 1 is 1.38 bits per heavy atom. The third kappa shape index (κ3) is 4.48. The van der Waals surface area contributed by atoms with Crippen LogP contribution in [0.5, 0.6) is 0 Å². The fourth-order valence-electron chi connectivity index (χ4n) is 3.07. The van der Waals surface area contributed by atoms with Crippen LogP contribution >= 0.6 is 0 Å². The van der Waals surface area contributed by atoms with Crippen molar-refractivity contribution in [2.24, 2.45) is 11.0 Å². The van der Waals surface area contributed by atoms with E-state index in [0.29, 0.717) is 32.8 Å². The third-order valence-electron chi connectivity index (χ3n) is 4.49. The molecule has 1 amide bonds. The number of guanidine groups is 1. The summed E-state index contributed by atoms with van der Waals surface area (Å²) in [7, 11) is 0. The lowest BCUT2D eigenvalue weighted by Crippen LogP contribution is -2.40. The molecule has 1 unspecified atom stereocenters. The van der Waals surface area contributed by atoms with Crippen molar-refractivity contribution in [1.82, 2.24) is 9.80 Å². The number of amides is 1. The van der Waals surface area contributed by atoms with E-state index in [0.717, 1.165) is 17.5 Å². The van der Waals surface area contributed by atoms with Crippen molar-refractivity contribution in [3.05, 3.63) is 45.5 Å². The first-order valence-corrected chi connectivity index (χ1v) is 8.58. The number of hydrazone groups is 1. The molecule has 2 saturated heterocycles. The number of aryl methyl sites for hydroxylation is 1. The number of hydrogen-bond acceptors (Lipinski definition) is 5. The molecule has 0 spiro atoms. The van der Waals surface area contributed by atoms with Gasteiger partial charge in [-0.3, -0.25) is 0 Å². The predicted octanol–water partition coefficient (Wildman–Crippen LogP) is 1.83. The average molecular weight is 362 g/mol. The molecule has 0 aromatic heterocycles. The van der Waals surface area contributed by atoms with Gasteiger partial charge in [-0.1, -0.05) is 29.8 Å². The molecule has 0 radical (unpaired) electrons. The number of nitrogens with zero attached hydrogens (tertiary/aromatic N) is 4. The summed E-state index contributed by atoms with van der Waals surface area (Å²) in [5.74, 6) is 0.325. The third-order valence-corrected chi connectivity index (χ3v) is 4.49. The van der Waals surface area contributed by atoms with Crippen LogP contribution < -0.4 is 0 Å². The van der Waals surface area contributed by atoms with Crippen molar-refractivity contribution < 1.29 is 19.3 Å². The molecular weight excluding hydrogens is 340 g/mol. The molecule has 26 heavy (non-hydrogen) atoms.